The van der Waals surface area contributed by atoms with Gasteiger partial charge in [0.2, 0.25) is 0 Å². The average Bonchev–Trinajstić information content (AvgIpc) is 2.50. The zero-order chi connectivity index (χ0) is 17.5. The first kappa shape index (κ1) is 18.7. The Hall–Kier alpha value is -2.37. The second kappa shape index (κ2) is 8.31. The van der Waals surface area contributed by atoms with Gasteiger partial charge in [-0.1, -0.05) is 6.92 Å². The Morgan fingerprint density at radius 3 is 2.04 bits per heavy atom. The molecule has 0 bridgehead atoms. The standard InChI is InChI=1S/C17H22O6/c1-5-14(18)23-13-8-6-12(7-9-13)15(19)21-10-11-22-16(20)17(2,3)4/h6-9H,5,10-11H2,1-4H3. The van der Waals surface area contributed by atoms with E-state index in [0.29, 0.717) is 11.3 Å². The number of carbonyl (C=O) groups is 3. The zero-order valence-electron chi connectivity index (χ0n) is 13.9. The zero-order valence-corrected chi connectivity index (χ0v) is 13.9. The maximum atomic E-state index is 11.8. The Morgan fingerprint density at radius 2 is 1.52 bits per heavy atom. The van der Waals surface area contributed by atoms with E-state index in [1.165, 1.54) is 24.3 Å². The largest absolute Gasteiger partial charge is 0.462 e. The van der Waals surface area contributed by atoms with Crippen LogP contribution < -0.4 is 4.74 Å². The van der Waals surface area contributed by atoms with Crippen molar-refractivity contribution in [1.29, 1.82) is 0 Å². The summed E-state index contributed by atoms with van der Waals surface area (Å²) in [5, 5.41) is 0. The predicted molar refractivity (Wildman–Crippen MR) is 83.1 cm³/mol. The summed E-state index contributed by atoms with van der Waals surface area (Å²) < 4.78 is 15.0. The van der Waals surface area contributed by atoms with E-state index in [1.807, 2.05) is 0 Å². The van der Waals surface area contributed by atoms with Gasteiger partial charge in [-0.3, -0.25) is 9.59 Å². The summed E-state index contributed by atoms with van der Waals surface area (Å²) in [7, 11) is 0. The maximum absolute atomic E-state index is 11.8. The van der Waals surface area contributed by atoms with E-state index >= 15 is 0 Å². The molecule has 126 valence electrons. The molecule has 6 heteroatoms. The minimum Gasteiger partial charge on any atom is -0.462 e. The third kappa shape index (κ3) is 6.50. The van der Waals surface area contributed by atoms with Gasteiger partial charge in [0.15, 0.2) is 0 Å². The first-order chi connectivity index (χ1) is 10.7. The summed E-state index contributed by atoms with van der Waals surface area (Å²) in [5.74, 6) is -0.866. The van der Waals surface area contributed by atoms with E-state index in [9.17, 15) is 14.4 Å². The van der Waals surface area contributed by atoms with Crippen molar-refractivity contribution in [3.05, 3.63) is 29.8 Å². The fourth-order valence-corrected chi connectivity index (χ4v) is 1.43. The van der Waals surface area contributed by atoms with Gasteiger partial charge in [-0.2, -0.15) is 0 Å². The van der Waals surface area contributed by atoms with Gasteiger partial charge in [0.1, 0.15) is 19.0 Å². The third-order valence-electron chi connectivity index (χ3n) is 2.77. The van der Waals surface area contributed by atoms with Crippen LogP contribution in [0.4, 0.5) is 0 Å². The smallest absolute Gasteiger partial charge is 0.338 e. The summed E-state index contributed by atoms with van der Waals surface area (Å²) in [6.45, 7) is 6.92. The lowest BCUT2D eigenvalue weighted by molar-refractivity contribution is -0.154. The van der Waals surface area contributed by atoms with Gasteiger partial charge in [0.25, 0.3) is 0 Å². The van der Waals surface area contributed by atoms with Crippen LogP contribution in [0.15, 0.2) is 24.3 Å². The molecule has 0 aliphatic heterocycles. The molecule has 0 N–H and O–H groups in total. The number of rotatable bonds is 6. The fourth-order valence-electron chi connectivity index (χ4n) is 1.43. The Balaban J connectivity index is 2.40. The second-order valence-corrected chi connectivity index (χ2v) is 5.87. The lowest BCUT2D eigenvalue weighted by Crippen LogP contribution is -2.24. The van der Waals surface area contributed by atoms with E-state index in [4.69, 9.17) is 14.2 Å². The first-order valence-corrected chi connectivity index (χ1v) is 7.39. The maximum Gasteiger partial charge on any atom is 0.338 e. The number of carbonyl (C=O) groups excluding carboxylic acids is 3. The van der Waals surface area contributed by atoms with Crippen molar-refractivity contribution in [2.45, 2.75) is 34.1 Å². The van der Waals surface area contributed by atoms with Crippen LogP contribution in [0.3, 0.4) is 0 Å². The van der Waals surface area contributed by atoms with Crippen LogP contribution in [-0.4, -0.2) is 31.1 Å². The van der Waals surface area contributed by atoms with Crippen molar-refractivity contribution in [2.24, 2.45) is 5.41 Å². The van der Waals surface area contributed by atoms with Crippen molar-refractivity contribution >= 4 is 17.9 Å². The molecule has 0 spiro atoms. The number of hydrogen-bond acceptors (Lipinski definition) is 6. The van der Waals surface area contributed by atoms with Gasteiger partial charge in [0, 0.05) is 6.42 Å². The van der Waals surface area contributed by atoms with Crippen LogP contribution in [0.2, 0.25) is 0 Å². The van der Waals surface area contributed by atoms with Gasteiger partial charge in [-0.15, -0.1) is 0 Å². The van der Waals surface area contributed by atoms with E-state index < -0.39 is 11.4 Å². The minimum absolute atomic E-state index is 0.00798. The molecule has 1 aromatic rings. The number of hydrogen-bond donors (Lipinski definition) is 0. The summed E-state index contributed by atoms with van der Waals surface area (Å²) in [6, 6.07) is 6.04. The molecule has 0 saturated heterocycles. The molecule has 0 aliphatic rings. The molecule has 0 aliphatic carbocycles. The van der Waals surface area contributed by atoms with Gasteiger partial charge in [-0.05, 0) is 45.0 Å². The highest BCUT2D eigenvalue weighted by Gasteiger charge is 2.22. The molecule has 23 heavy (non-hydrogen) atoms. The predicted octanol–water partition coefficient (Wildman–Crippen LogP) is 2.75. The molecule has 0 amide bonds. The van der Waals surface area contributed by atoms with Crippen molar-refractivity contribution in [3.63, 3.8) is 0 Å². The van der Waals surface area contributed by atoms with Crippen molar-refractivity contribution in [1.82, 2.24) is 0 Å². The second-order valence-electron chi connectivity index (χ2n) is 5.87. The molecule has 0 aromatic heterocycles. The lowest BCUT2D eigenvalue weighted by atomic mass is 9.97. The summed E-state index contributed by atoms with van der Waals surface area (Å²) in [4.78, 5) is 34.5. The molecule has 6 nitrogen and oxygen atoms in total. The SMILES string of the molecule is CCC(=O)Oc1ccc(C(=O)OCCOC(=O)C(C)(C)C)cc1. The molecule has 0 saturated carbocycles. The first-order valence-electron chi connectivity index (χ1n) is 7.39. The molecule has 1 rings (SSSR count). The van der Waals surface area contributed by atoms with Crippen LogP contribution in [0.5, 0.6) is 5.75 Å². The Morgan fingerprint density at radius 1 is 0.957 bits per heavy atom. The summed E-state index contributed by atoms with van der Waals surface area (Å²) >= 11 is 0. The summed E-state index contributed by atoms with van der Waals surface area (Å²) in [5.41, 5.74) is -0.265. The van der Waals surface area contributed by atoms with Gasteiger partial charge >= 0.3 is 17.9 Å². The molecule has 0 unspecified atom stereocenters. The number of benzene rings is 1. The van der Waals surface area contributed by atoms with Crippen LogP contribution in [0.1, 0.15) is 44.5 Å². The van der Waals surface area contributed by atoms with Gasteiger partial charge < -0.3 is 14.2 Å². The van der Waals surface area contributed by atoms with E-state index in [1.54, 1.807) is 27.7 Å². The topological polar surface area (TPSA) is 78.9 Å². The third-order valence-corrected chi connectivity index (χ3v) is 2.77. The Bertz CT molecular complexity index is 553. The van der Waals surface area contributed by atoms with E-state index in [-0.39, 0.29) is 31.6 Å². The van der Waals surface area contributed by atoms with Crippen LogP contribution in [-0.2, 0) is 19.1 Å². The lowest BCUT2D eigenvalue weighted by Gasteiger charge is -2.16. The highest BCUT2D eigenvalue weighted by Crippen LogP contribution is 2.15. The monoisotopic (exact) mass is 322 g/mol. The molecule has 0 radical (unpaired) electrons. The Kier molecular flexibility index (Phi) is 6.75. The highest BCUT2D eigenvalue weighted by molar-refractivity contribution is 5.89. The molecule has 0 heterocycles. The normalized spacial score (nSPS) is 10.8. The van der Waals surface area contributed by atoms with Crippen LogP contribution in [0, 0.1) is 5.41 Å². The number of esters is 3. The van der Waals surface area contributed by atoms with Crippen molar-refractivity contribution in [3.8, 4) is 5.75 Å². The van der Waals surface area contributed by atoms with Gasteiger partial charge in [-0.25, -0.2) is 4.79 Å². The highest BCUT2D eigenvalue weighted by atomic mass is 16.6. The summed E-state index contributed by atoms with van der Waals surface area (Å²) in [6.07, 6.45) is 0.275. The molecule has 0 fully saturated rings. The number of ether oxygens (including phenoxy) is 3. The van der Waals surface area contributed by atoms with Gasteiger partial charge in [0.05, 0.1) is 11.0 Å². The van der Waals surface area contributed by atoms with E-state index in [0.717, 1.165) is 0 Å². The Labute approximate surface area is 135 Å². The van der Waals surface area contributed by atoms with Crippen molar-refractivity contribution in [2.75, 3.05) is 13.2 Å². The van der Waals surface area contributed by atoms with Crippen LogP contribution >= 0.6 is 0 Å². The quantitative estimate of drug-likeness (QED) is 0.455. The van der Waals surface area contributed by atoms with Crippen molar-refractivity contribution < 1.29 is 28.6 Å². The fraction of sp³-hybridized carbons (Fsp3) is 0.471. The van der Waals surface area contributed by atoms with Crippen LogP contribution in [0.25, 0.3) is 0 Å². The van der Waals surface area contributed by atoms with E-state index in [2.05, 4.69) is 0 Å². The average molecular weight is 322 g/mol. The molecular formula is C17H22O6. The molecule has 1 aromatic carbocycles. The minimum atomic E-state index is -0.588. The molecule has 0 atom stereocenters. The molecular weight excluding hydrogens is 300 g/mol.